The molecule has 2 aliphatic rings. The summed E-state index contributed by atoms with van der Waals surface area (Å²) in [5.74, 6) is 0.274. The number of nitriles is 1. The monoisotopic (exact) mass is 404 g/mol. The highest BCUT2D eigenvalue weighted by Crippen LogP contribution is 2.47. The third-order valence-electron chi connectivity index (χ3n) is 6.91. The van der Waals surface area contributed by atoms with Crippen molar-refractivity contribution in [2.75, 3.05) is 25.5 Å². The maximum Gasteiger partial charge on any atom is 0.322 e. The van der Waals surface area contributed by atoms with Crippen LogP contribution in [0.25, 0.3) is 0 Å². The van der Waals surface area contributed by atoms with Gasteiger partial charge in [-0.25, -0.2) is 4.79 Å². The Balaban J connectivity index is 1.68. The van der Waals surface area contributed by atoms with Gasteiger partial charge in [-0.05, 0) is 80.9 Å². The number of rotatable bonds is 3. The molecule has 30 heavy (non-hydrogen) atoms. The lowest BCUT2D eigenvalue weighted by atomic mass is 9.61. The Morgan fingerprint density at radius 2 is 2.07 bits per heavy atom. The van der Waals surface area contributed by atoms with Crippen molar-refractivity contribution in [1.82, 2.24) is 9.80 Å². The second-order valence-electron chi connectivity index (χ2n) is 8.61. The quantitative estimate of drug-likeness (QED) is 0.817. The zero-order chi connectivity index (χ0) is 21.5. The molecule has 1 unspecified atom stereocenters. The van der Waals surface area contributed by atoms with Gasteiger partial charge in [0.2, 0.25) is 0 Å². The number of fused-ring (bicyclic) bond motifs is 4. The lowest BCUT2D eigenvalue weighted by molar-refractivity contribution is 0.0136. The van der Waals surface area contributed by atoms with Crippen molar-refractivity contribution in [3.63, 3.8) is 0 Å². The molecule has 2 aromatic rings. The summed E-state index contributed by atoms with van der Waals surface area (Å²) in [6.45, 7) is 5.78. The number of carbonyl (C=O) groups is 1. The average Bonchev–Trinajstić information content (AvgIpc) is 2.74. The summed E-state index contributed by atoms with van der Waals surface area (Å²) >= 11 is 0. The lowest BCUT2D eigenvalue weighted by Crippen LogP contribution is -2.68. The normalized spacial score (nSPS) is 25.1. The van der Waals surface area contributed by atoms with Crippen LogP contribution in [0.2, 0.25) is 0 Å². The Hall–Kier alpha value is -3.04. The molecule has 2 N–H and O–H groups in total. The molecular formula is C24H28N4O2. The molecule has 1 aliphatic carbocycles. The van der Waals surface area contributed by atoms with E-state index in [9.17, 15) is 9.90 Å². The standard InChI is InChI=1S/C24H28N4O2/c1-4-28(23(30)26-18-8-5-16(15-25)6-9-18)22-21-13-17-7-10-19(29)14-20(17)24(22,2)11-12-27(21)3/h5-10,14,21-22,29H,4,11-13H2,1-3H3,(H,26,30)/t21-,22-,24?/m1/s1. The first-order valence-corrected chi connectivity index (χ1v) is 10.5. The zero-order valence-corrected chi connectivity index (χ0v) is 17.7. The van der Waals surface area contributed by atoms with Crippen LogP contribution >= 0.6 is 0 Å². The number of likely N-dealkylation sites (tertiary alicyclic amines) is 1. The van der Waals surface area contributed by atoms with Gasteiger partial charge in [0.25, 0.3) is 0 Å². The fraction of sp³-hybridized carbons (Fsp3) is 0.417. The molecule has 1 fully saturated rings. The number of nitrogens with zero attached hydrogens (tertiary/aromatic N) is 3. The number of phenols is 1. The Morgan fingerprint density at radius 3 is 2.73 bits per heavy atom. The summed E-state index contributed by atoms with van der Waals surface area (Å²) in [5, 5.41) is 22.1. The number of carbonyl (C=O) groups excluding carboxylic acids is 1. The predicted octanol–water partition coefficient (Wildman–Crippen LogP) is 3.70. The third kappa shape index (κ3) is 3.29. The Kier molecular flexibility index (Phi) is 5.17. The molecule has 1 aliphatic heterocycles. The first kappa shape index (κ1) is 20.2. The number of piperidine rings is 1. The average molecular weight is 405 g/mol. The van der Waals surface area contributed by atoms with Crippen molar-refractivity contribution in [2.24, 2.45) is 0 Å². The van der Waals surface area contributed by atoms with Crippen LogP contribution in [0.15, 0.2) is 42.5 Å². The van der Waals surface area contributed by atoms with Crippen molar-refractivity contribution in [3.8, 4) is 11.8 Å². The highest BCUT2D eigenvalue weighted by Gasteiger charge is 2.53. The van der Waals surface area contributed by atoms with Crippen LogP contribution in [0.5, 0.6) is 5.75 Å². The highest BCUT2D eigenvalue weighted by atomic mass is 16.3. The summed E-state index contributed by atoms with van der Waals surface area (Å²) in [6, 6.07) is 14.8. The molecule has 1 heterocycles. The molecule has 0 spiro atoms. The van der Waals surface area contributed by atoms with Gasteiger partial charge in [-0.2, -0.15) is 5.26 Å². The fourth-order valence-electron chi connectivity index (χ4n) is 5.29. The molecule has 6 nitrogen and oxygen atoms in total. The number of hydrogen-bond acceptors (Lipinski definition) is 4. The van der Waals surface area contributed by atoms with E-state index in [1.807, 2.05) is 24.0 Å². The molecule has 2 aromatic carbocycles. The number of phenolic OH excluding ortho intramolecular Hbond substituents is 1. The van der Waals surface area contributed by atoms with Crippen molar-refractivity contribution in [2.45, 2.75) is 44.2 Å². The SMILES string of the molecule is CCN(C(=O)Nc1ccc(C#N)cc1)[C@@H]1[C@H]2Cc3ccc(O)cc3C1(C)CCN2C. The number of benzene rings is 2. The molecule has 0 radical (unpaired) electrons. The minimum absolute atomic E-state index is 0.00562. The molecule has 6 heteroatoms. The van der Waals surface area contributed by atoms with E-state index in [2.05, 4.69) is 30.3 Å². The van der Waals surface area contributed by atoms with E-state index in [1.54, 1.807) is 30.3 Å². The van der Waals surface area contributed by atoms with E-state index in [1.165, 1.54) is 5.56 Å². The predicted molar refractivity (Wildman–Crippen MR) is 117 cm³/mol. The largest absolute Gasteiger partial charge is 0.508 e. The van der Waals surface area contributed by atoms with Gasteiger partial charge in [-0.1, -0.05) is 13.0 Å². The van der Waals surface area contributed by atoms with Crippen LogP contribution in [-0.2, 0) is 11.8 Å². The Morgan fingerprint density at radius 1 is 1.33 bits per heavy atom. The van der Waals surface area contributed by atoms with E-state index < -0.39 is 0 Å². The first-order valence-electron chi connectivity index (χ1n) is 10.5. The summed E-state index contributed by atoms with van der Waals surface area (Å²) in [5.41, 5.74) is 3.41. The van der Waals surface area contributed by atoms with Crippen molar-refractivity contribution >= 4 is 11.7 Å². The van der Waals surface area contributed by atoms with Gasteiger partial charge in [0.05, 0.1) is 17.7 Å². The van der Waals surface area contributed by atoms with Crippen LogP contribution in [0.3, 0.4) is 0 Å². The van der Waals surface area contributed by atoms with Crippen LogP contribution in [0, 0.1) is 11.3 Å². The Labute approximate surface area is 177 Å². The molecule has 0 aromatic heterocycles. The number of amides is 2. The van der Waals surface area contributed by atoms with E-state index in [4.69, 9.17) is 5.26 Å². The van der Waals surface area contributed by atoms with Crippen molar-refractivity contribution < 1.29 is 9.90 Å². The number of aromatic hydroxyl groups is 1. The van der Waals surface area contributed by atoms with Gasteiger partial charge in [0.1, 0.15) is 5.75 Å². The van der Waals surface area contributed by atoms with Crippen LogP contribution in [-0.4, -0.2) is 53.2 Å². The summed E-state index contributed by atoms with van der Waals surface area (Å²) in [6.07, 6.45) is 1.77. The molecule has 0 saturated carbocycles. The van der Waals surface area contributed by atoms with E-state index in [-0.39, 0.29) is 29.3 Å². The first-order chi connectivity index (χ1) is 14.4. The van der Waals surface area contributed by atoms with Crippen molar-refractivity contribution in [3.05, 3.63) is 59.2 Å². The lowest BCUT2D eigenvalue weighted by Gasteiger charge is -2.57. The van der Waals surface area contributed by atoms with Gasteiger partial charge in [0.15, 0.2) is 0 Å². The van der Waals surface area contributed by atoms with Gasteiger partial charge in [-0.15, -0.1) is 0 Å². The molecule has 156 valence electrons. The third-order valence-corrected chi connectivity index (χ3v) is 6.91. The van der Waals surface area contributed by atoms with E-state index in [0.29, 0.717) is 17.8 Å². The molecule has 1 saturated heterocycles. The number of anilines is 1. The maximum atomic E-state index is 13.3. The van der Waals surface area contributed by atoms with Gasteiger partial charge in [0, 0.05) is 23.7 Å². The van der Waals surface area contributed by atoms with E-state index >= 15 is 0 Å². The number of urea groups is 1. The van der Waals surface area contributed by atoms with Crippen LogP contribution in [0.1, 0.15) is 37.0 Å². The number of hydrogen-bond donors (Lipinski definition) is 2. The fourth-order valence-corrected chi connectivity index (χ4v) is 5.29. The van der Waals surface area contributed by atoms with Gasteiger partial charge >= 0.3 is 6.03 Å². The Bertz CT molecular complexity index is 997. The summed E-state index contributed by atoms with van der Waals surface area (Å²) in [4.78, 5) is 17.6. The molecule has 2 amide bonds. The van der Waals surface area contributed by atoms with Crippen LogP contribution in [0.4, 0.5) is 10.5 Å². The van der Waals surface area contributed by atoms with Gasteiger partial charge in [-0.3, -0.25) is 0 Å². The molecule has 3 atom stereocenters. The zero-order valence-electron chi connectivity index (χ0n) is 17.7. The minimum Gasteiger partial charge on any atom is -0.508 e. The van der Waals surface area contributed by atoms with Crippen molar-refractivity contribution in [1.29, 1.82) is 5.26 Å². The van der Waals surface area contributed by atoms with Gasteiger partial charge < -0.3 is 20.2 Å². The molecular weight excluding hydrogens is 376 g/mol. The molecule has 4 rings (SSSR count). The smallest absolute Gasteiger partial charge is 0.322 e. The number of nitrogens with one attached hydrogen (secondary N) is 1. The minimum atomic E-state index is -0.235. The topological polar surface area (TPSA) is 79.6 Å². The molecule has 2 bridgehead atoms. The summed E-state index contributed by atoms with van der Waals surface area (Å²) < 4.78 is 0. The summed E-state index contributed by atoms with van der Waals surface area (Å²) in [7, 11) is 2.13. The van der Waals surface area contributed by atoms with Crippen LogP contribution < -0.4 is 5.32 Å². The van der Waals surface area contributed by atoms with E-state index in [0.717, 1.165) is 24.9 Å². The second kappa shape index (κ2) is 7.66. The number of likely N-dealkylation sites (N-methyl/N-ethyl adjacent to an activating group) is 2. The second-order valence-corrected chi connectivity index (χ2v) is 8.61. The highest BCUT2D eigenvalue weighted by molar-refractivity contribution is 5.90. The maximum absolute atomic E-state index is 13.3.